The van der Waals surface area contributed by atoms with Gasteiger partial charge in [0.15, 0.2) is 0 Å². The lowest BCUT2D eigenvalue weighted by Gasteiger charge is -2.26. The van der Waals surface area contributed by atoms with Gasteiger partial charge in [-0.05, 0) is 44.2 Å². The van der Waals surface area contributed by atoms with Gasteiger partial charge in [-0.15, -0.1) is 0 Å². The number of aromatic nitrogens is 2. The predicted octanol–water partition coefficient (Wildman–Crippen LogP) is 3.30. The minimum absolute atomic E-state index is 0.0324. The van der Waals surface area contributed by atoms with E-state index >= 15 is 0 Å². The van der Waals surface area contributed by atoms with Crippen LogP contribution in [-0.2, 0) is 21.4 Å². The Morgan fingerprint density at radius 3 is 2.34 bits per heavy atom. The van der Waals surface area contributed by atoms with Crippen LogP contribution in [0, 0.1) is 0 Å². The van der Waals surface area contributed by atoms with Gasteiger partial charge in [0.05, 0.1) is 33.5 Å². The summed E-state index contributed by atoms with van der Waals surface area (Å²) in [5, 5.41) is 3.37. The fourth-order valence-electron chi connectivity index (χ4n) is 4.03. The molecule has 1 aromatic heterocycles. The Kier molecular flexibility index (Phi) is 8.63. The summed E-state index contributed by atoms with van der Waals surface area (Å²) in [7, 11) is -3.69. The van der Waals surface area contributed by atoms with E-state index in [2.05, 4.69) is 10.3 Å². The van der Waals surface area contributed by atoms with E-state index in [1.807, 2.05) is 24.8 Å². The molecule has 0 aliphatic carbocycles. The number of fused-ring (bicyclic) bond motifs is 1. The van der Waals surface area contributed by atoms with Crippen molar-refractivity contribution in [2.24, 2.45) is 0 Å². The monoisotopic (exact) mass is 499 g/mol. The molecule has 0 saturated heterocycles. The number of anilines is 2. The number of hydrogen-bond acceptors (Lipinski definition) is 6. The molecule has 0 fully saturated rings. The number of carbonyl (C=O) groups excluding carboxylic acids is 1. The molecular formula is C25H33N5O4S. The summed E-state index contributed by atoms with van der Waals surface area (Å²) in [5.74, 6) is -0.323. The summed E-state index contributed by atoms with van der Waals surface area (Å²) in [6, 6.07) is 11.9. The average molecular weight is 500 g/mol. The van der Waals surface area contributed by atoms with E-state index in [0.717, 1.165) is 5.69 Å². The zero-order valence-corrected chi connectivity index (χ0v) is 21.5. The number of benzene rings is 2. The number of sulfonamides is 1. The van der Waals surface area contributed by atoms with Crippen LogP contribution < -0.4 is 15.8 Å². The molecule has 0 radical (unpaired) electrons. The largest absolute Gasteiger partial charge is 0.370 e. The summed E-state index contributed by atoms with van der Waals surface area (Å²) < 4.78 is 28.9. The summed E-state index contributed by atoms with van der Waals surface area (Å²) in [4.78, 5) is 32.1. The summed E-state index contributed by atoms with van der Waals surface area (Å²) in [6.45, 7) is 9.82. The number of rotatable bonds is 11. The zero-order valence-electron chi connectivity index (χ0n) is 20.7. The number of aryl methyl sites for hydroxylation is 1. The zero-order chi connectivity index (χ0) is 25.6. The highest BCUT2D eigenvalue weighted by Gasteiger charge is 2.24. The molecule has 1 amide bonds. The van der Waals surface area contributed by atoms with Crippen LogP contribution in [0.1, 0.15) is 34.1 Å². The molecule has 0 bridgehead atoms. The van der Waals surface area contributed by atoms with Crippen LogP contribution in [-0.4, -0.2) is 54.4 Å². The van der Waals surface area contributed by atoms with Crippen LogP contribution in [0.5, 0.6) is 0 Å². The van der Waals surface area contributed by atoms with E-state index in [4.69, 9.17) is 0 Å². The Morgan fingerprint density at radius 1 is 1.00 bits per heavy atom. The fourth-order valence-corrected chi connectivity index (χ4v) is 5.51. The van der Waals surface area contributed by atoms with E-state index < -0.39 is 10.0 Å². The number of nitrogens with zero attached hydrogens (tertiary/aromatic N) is 4. The molecule has 0 aliphatic rings. The smallest absolute Gasteiger partial charge is 0.261 e. The van der Waals surface area contributed by atoms with E-state index in [0.29, 0.717) is 42.8 Å². The van der Waals surface area contributed by atoms with Crippen LogP contribution in [0.2, 0.25) is 0 Å². The van der Waals surface area contributed by atoms with Crippen molar-refractivity contribution in [3.63, 3.8) is 0 Å². The molecule has 0 atom stereocenters. The Bertz CT molecular complexity index is 1350. The molecule has 9 nitrogen and oxygen atoms in total. The van der Waals surface area contributed by atoms with Gasteiger partial charge in [-0.2, -0.15) is 4.31 Å². The topological polar surface area (TPSA) is 105 Å². The predicted molar refractivity (Wildman–Crippen MR) is 139 cm³/mol. The second kappa shape index (κ2) is 11.5. The van der Waals surface area contributed by atoms with Crippen molar-refractivity contribution in [2.75, 3.05) is 36.4 Å². The molecular weight excluding hydrogens is 466 g/mol. The van der Waals surface area contributed by atoms with E-state index in [1.54, 1.807) is 44.2 Å². The molecule has 0 spiro atoms. The van der Waals surface area contributed by atoms with Crippen molar-refractivity contribution in [2.45, 2.75) is 45.6 Å². The summed E-state index contributed by atoms with van der Waals surface area (Å²) >= 11 is 0. The standard InChI is InChI=1S/C25H33N5O4S/c1-5-28(6-2)23-14-13-19(35(33,34)30(7-3)8-4)17-22(23)27-24(31)15-16-29-18-26-21-12-10-9-11-20(21)25(29)32/h9-14,17-18H,5-8,15-16H2,1-4H3,(H,27,31). The average Bonchev–Trinajstić information content (AvgIpc) is 2.86. The van der Waals surface area contributed by atoms with Crippen molar-refractivity contribution in [1.82, 2.24) is 13.9 Å². The number of hydrogen-bond donors (Lipinski definition) is 1. The van der Waals surface area contributed by atoms with Crippen LogP contribution in [0.15, 0.2) is 58.5 Å². The van der Waals surface area contributed by atoms with Gasteiger partial charge in [0.2, 0.25) is 15.9 Å². The molecule has 0 unspecified atom stereocenters. The van der Waals surface area contributed by atoms with Crippen molar-refractivity contribution >= 4 is 38.2 Å². The maximum atomic E-state index is 13.1. The Labute approximate surface area is 206 Å². The molecule has 0 aliphatic heterocycles. The van der Waals surface area contributed by atoms with Gasteiger partial charge in [0, 0.05) is 39.1 Å². The third-order valence-electron chi connectivity index (χ3n) is 6.00. The first-order chi connectivity index (χ1) is 16.8. The maximum Gasteiger partial charge on any atom is 0.261 e. The first-order valence-corrected chi connectivity index (χ1v) is 13.3. The van der Waals surface area contributed by atoms with Crippen LogP contribution in [0.4, 0.5) is 11.4 Å². The van der Waals surface area contributed by atoms with Crippen molar-refractivity contribution < 1.29 is 13.2 Å². The minimum Gasteiger partial charge on any atom is -0.370 e. The molecule has 2 aromatic carbocycles. The van der Waals surface area contributed by atoms with Gasteiger partial charge in [-0.1, -0.05) is 26.0 Å². The fraction of sp³-hybridized carbons (Fsp3) is 0.400. The van der Waals surface area contributed by atoms with Gasteiger partial charge in [-0.25, -0.2) is 13.4 Å². The van der Waals surface area contributed by atoms with Crippen molar-refractivity contribution in [3.8, 4) is 0 Å². The van der Waals surface area contributed by atoms with E-state index in [9.17, 15) is 18.0 Å². The normalized spacial score (nSPS) is 11.7. The number of para-hydroxylation sites is 1. The number of nitrogens with one attached hydrogen (secondary N) is 1. The third kappa shape index (κ3) is 5.71. The molecule has 188 valence electrons. The number of amides is 1. The Morgan fingerprint density at radius 2 is 1.69 bits per heavy atom. The van der Waals surface area contributed by atoms with Gasteiger partial charge < -0.3 is 10.2 Å². The maximum absolute atomic E-state index is 13.1. The first-order valence-electron chi connectivity index (χ1n) is 11.9. The highest BCUT2D eigenvalue weighted by atomic mass is 32.2. The molecule has 1 N–H and O–H groups in total. The lowest BCUT2D eigenvalue weighted by Crippen LogP contribution is -2.31. The second-order valence-corrected chi connectivity index (χ2v) is 9.94. The first kappa shape index (κ1) is 26.4. The van der Waals surface area contributed by atoms with Gasteiger partial charge in [-0.3, -0.25) is 14.2 Å². The Balaban J connectivity index is 1.87. The minimum atomic E-state index is -3.69. The highest BCUT2D eigenvalue weighted by molar-refractivity contribution is 7.89. The summed E-state index contributed by atoms with van der Waals surface area (Å²) in [6.07, 6.45) is 1.47. The third-order valence-corrected chi connectivity index (χ3v) is 8.05. The van der Waals surface area contributed by atoms with Crippen molar-refractivity contribution in [1.29, 1.82) is 0 Å². The van der Waals surface area contributed by atoms with Crippen LogP contribution in [0.3, 0.4) is 0 Å². The van der Waals surface area contributed by atoms with Crippen LogP contribution >= 0.6 is 0 Å². The van der Waals surface area contributed by atoms with Gasteiger partial charge >= 0.3 is 0 Å². The summed E-state index contributed by atoms with van der Waals surface area (Å²) in [5.41, 5.74) is 1.56. The van der Waals surface area contributed by atoms with E-state index in [-0.39, 0.29) is 29.3 Å². The van der Waals surface area contributed by atoms with Gasteiger partial charge in [0.1, 0.15) is 0 Å². The van der Waals surface area contributed by atoms with E-state index in [1.165, 1.54) is 21.3 Å². The van der Waals surface area contributed by atoms with Crippen LogP contribution in [0.25, 0.3) is 10.9 Å². The van der Waals surface area contributed by atoms with Crippen molar-refractivity contribution in [3.05, 3.63) is 59.1 Å². The number of carbonyl (C=O) groups is 1. The molecule has 35 heavy (non-hydrogen) atoms. The second-order valence-electron chi connectivity index (χ2n) is 8.00. The lowest BCUT2D eigenvalue weighted by atomic mass is 10.2. The van der Waals surface area contributed by atoms with Gasteiger partial charge in [0.25, 0.3) is 5.56 Å². The molecule has 3 rings (SSSR count). The quantitative estimate of drug-likeness (QED) is 0.434. The SMILES string of the molecule is CCN(CC)c1ccc(S(=O)(=O)N(CC)CC)cc1NC(=O)CCn1cnc2ccccc2c1=O. The molecule has 0 saturated carbocycles. The lowest BCUT2D eigenvalue weighted by molar-refractivity contribution is -0.116. The molecule has 3 aromatic rings. The highest BCUT2D eigenvalue weighted by Crippen LogP contribution is 2.30. The Hall–Kier alpha value is -3.24. The molecule has 10 heteroatoms. The molecule has 1 heterocycles.